The van der Waals surface area contributed by atoms with Crippen LogP contribution in [0.15, 0.2) is 53.4 Å². The van der Waals surface area contributed by atoms with Gasteiger partial charge in [0.1, 0.15) is 5.75 Å². The van der Waals surface area contributed by atoms with Gasteiger partial charge in [-0.2, -0.15) is 0 Å². The van der Waals surface area contributed by atoms with Crippen molar-refractivity contribution in [1.82, 2.24) is 9.62 Å². The van der Waals surface area contributed by atoms with Gasteiger partial charge in [0.15, 0.2) is 0 Å². The SMILES string of the molecule is Cc1ccc(S(=O)(=O)NC(CC2CCCCC2)CN2[C@@H]3CC[C@H]2CC(c2cccc(O)c2)C3)cc1. The van der Waals surface area contributed by atoms with E-state index in [1.54, 1.807) is 18.2 Å². The third kappa shape index (κ3) is 5.92. The molecule has 2 aromatic carbocycles. The molecule has 3 aliphatic rings. The second kappa shape index (κ2) is 10.6. The van der Waals surface area contributed by atoms with Gasteiger partial charge >= 0.3 is 0 Å². The Balaban J connectivity index is 1.31. The molecule has 5 nitrogen and oxygen atoms in total. The summed E-state index contributed by atoms with van der Waals surface area (Å²) in [5, 5.41) is 9.96. The monoisotopic (exact) mass is 496 g/mol. The minimum atomic E-state index is -3.56. The number of hydrogen-bond donors (Lipinski definition) is 2. The first kappa shape index (κ1) is 24.8. The quantitative estimate of drug-likeness (QED) is 0.490. The van der Waals surface area contributed by atoms with E-state index in [0.29, 0.717) is 34.6 Å². The molecule has 35 heavy (non-hydrogen) atoms. The number of sulfonamides is 1. The summed E-state index contributed by atoms with van der Waals surface area (Å²) in [7, 11) is -3.56. The zero-order chi connectivity index (χ0) is 24.4. The summed E-state index contributed by atoms with van der Waals surface area (Å²) < 4.78 is 29.8. The molecule has 2 saturated heterocycles. The minimum absolute atomic E-state index is 0.0650. The lowest BCUT2D eigenvalue weighted by atomic mass is 9.83. The Hall–Kier alpha value is -1.89. The molecule has 2 aromatic rings. The largest absolute Gasteiger partial charge is 0.508 e. The van der Waals surface area contributed by atoms with E-state index in [2.05, 4.69) is 15.7 Å². The predicted molar refractivity (Wildman–Crippen MR) is 140 cm³/mol. The van der Waals surface area contributed by atoms with Crippen molar-refractivity contribution in [1.29, 1.82) is 0 Å². The molecule has 6 heteroatoms. The van der Waals surface area contributed by atoms with Gasteiger partial charge in [0, 0.05) is 24.7 Å². The molecule has 2 aliphatic heterocycles. The zero-order valence-electron chi connectivity index (χ0n) is 20.9. The number of nitrogens with zero attached hydrogens (tertiary/aromatic N) is 1. The van der Waals surface area contributed by atoms with Crippen molar-refractivity contribution in [2.45, 2.75) is 100 Å². The lowest BCUT2D eigenvalue weighted by Crippen LogP contribution is -2.51. The minimum Gasteiger partial charge on any atom is -0.508 e. The molecule has 0 aromatic heterocycles. The summed E-state index contributed by atoms with van der Waals surface area (Å²) in [5.74, 6) is 1.42. The van der Waals surface area contributed by atoms with Gasteiger partial charge in [-0.15, -0.1) is 0 Å². The highest BCUT2D eigenvalue weighted by molar-refractivity contribution is 7.89. The third-order valence-electron chi connectivity index (χ3n) is 8.65. The molecule has 0 radical (unpaired) electrons. The van der Waals surface area contributed by atoms with Crippen LogP contribution in [0.3, 0.4) is 0 Å². The van der Waals surface area contributed by atoms with Crippen LogP contribution in [0.1, 0.15) is 81.3 Å². The molecule has 2 heterocycles. The van der Waals surface area contributed by atoms with E-state index in [9.17, 15) is 13.5 Å². The molecule has 3 fully saturated rings. The number of aromatic hydroxyl groups is 1. The molecule has 1 aliphatic carbocycles. The summed E-state index contributed by atoms with van der Waals surface area (Å²) in [4.78, 5) is 2.98. The number of rotatable bonds is 8. The van der Waals surface area contributed by atoms with Gasteiger partial charge in [0.05, 0.1) is 4.90 Å². The molecule has 0 spiro atoms. The fraction of sp³-hybridized carbons (Fsp3) is 0.586. The van der Waals surface area contributed by atoms with Gasteiger partial charge in [-0.1, -0.05) is 61.9 Å². The van der Waals surface area contributed by atoms with Crippen molar-refractivity contribution in [2.24, 2.45) is 5.92 Å². The van der Waals surface area contributed by atoms with Crippen molar-refractivity contribution < 1.29 is 13.5 Å². The fourth-order valence-corrected chi connectivity index (χ4v) is 8.11. The maximum atomic E-state index is 13.3. The normalized spacial score (nSPS) is 26.6. The van der Waals surface area contributed by atoms with Crippen LogP contribution in [0.25, 0.3) is 0 Å². The Kier molecular flexibility index (Phi) is 7.52. The summed E-state index contributed by atoms with van der Waals surface area (Å²) in [5.41, 5.74) is 2.30. The van der Waals surface area contributed by atoms with Crippen LogP contribution in [0, 0.1) is 12.8 Å². The first-order valence-corrected chi connectivity index (χ1v) is 15.0. The first-order valence-electron chi connectivity index (χ1n) is 13.5. The van der Waals surface area contributed by atoms with Gasteiger partial charge < -0.3 is 5.11 Å². The van der Waals surface area contributed by atoms with E-state index in [0.717, 1.165) is 31.4 Å². The number of phenolic OH excluding ortho intramolecular Hbond substituents is 1. The van der Waals surface area contributed by atoms with Gasteiger partial charge in [-0.3, -0.25) is 4.90 Å². The van der Waals surface area contributed by atoms with Crippen LogP contribution in [0.4, 0.5) is 0 Å². The number of benzene rings is 2. The zero-order valence-corrected chi connectivity index (χ0v) is 21.7. The standard InChI is InChI=1S/C29H40N2O3S/c1-21-10-14-29(15-11-21)35(33,34)30-25(16-22-6-3-2-4-7-22)20-31-26-12-13-27(31)18-24(17-26)23-8-5-9-28(32)19-23/h5,8-11,14-15,19,22,24-27,30,32H,2-4,6-7,12-13,16-18,20H2,1H3/t24?,25?,26-,27+. The molecule has 5 rings (SSSR count). The Labute approximate surface area is 211 Å². The molecule has 1 saturated carbocycles. The summed E-state index contributed by atoms with van der Waals surface area (Å²) in [6.07, 6.45) is 11.7. The van der Waals surface area contributed by atoms with Crippen LogP contribution in [0.5, 0.6) is 5.75 Å². The molecule has 2 bridgehead atoms. The summed E-state index contributed by atoms with van der Waals surface area (Å²) >= 11 is 0. The molecule has 2 unspecified atom stereocenters. The maximum absolute atomic E-state index is 13.3. The average Bonchev–Trinajstić information content (AvgIpc) is 3.06. The molecular weight excluding hydrogens is 456 g/mol. The van der Waals surface area contributed by atoms with E-state index >= 15 is 0 Å². The molecule has 0 amide bonds. The van der Waals surface area contributed by atoms with Crippen molar-refractivity contribution in [3.8, 4) is 5.75 Å². The lowest BCUT2D eigenvalue weighted by molar-refractivity contribution is 0.110. The van der Waals surface area contributed by atoms with Gasteiger partial charge in [-0.05, 0) is 80.7 Å². The number of aryl methyl sites for hydroxylation is 1. The maximum Gasteiger partial charge on any atom is 0.240 e. The number of phenols is 1. The average molecular weight is 497 g/mol. The second-order valence-corrected chi connectivity index (χ2v) is 12.9. The predicted octanol–water partition coefficient (Wildman–Crippen LogP) is 5.73. The van der Waals surface area contributed by atoms with Crippen molar-refractivity contribution >= 4 is 10.0 Å². The van der Waals surface area contributed by atoms with Crippen molar-refractivity contribution in [3.05, 3.63) is 59.7 Å². The Morgan fingerprint density at radius 2 is 1.66 bits per heavy atom. The smallest absolute Gasteiger partial charge is 0.240 e. The van der Waals surface area contributed by atoms with Crippen LogP contribution in [0.2, 0.25) is 0 Å². The van der Waals surface area contributed by atoms with E-state index < -0.39 is 10.0 Å². The van der Waals surface area contributed by atoms with Gasteiger partial charge in [0.2, 0.25) is 10.0 Å². The number of fused-ring (bicyclic) bond motifs is 2. The molecule has 4 atom stereocenters. The molecule has 2 N–H and O–H groups in total. The topological polar surface area (TPSA) is 69.6 Å². The lowest BCUT2D eigenvalue weighted by Gasteiger charge is -2.41. The van der Waals surface area contributed by atoms with Crippen molar-refractivity contribution in [2.75, 3.05) is 6.54 Å². The van der Waals surface area contributed by atoms with Crippen LogP contribution >= 0.6 is 0 Å². The molecular formula is C29H40N2O3S. The number of nitrogens with one attached hydrogen (secondary N) is 1. The second-order valence-electron chi connectivity index (χ2n) is 11.2. The van der Waals surface area contributed by atoms with E-state index in [-0.39, 0.29) is 6.04 Å². The van der Waals surface area contributed by atoms with Gasteiger partial charge in [-0.25, -0.2) is 13.1 Å². The number of hydrogen-bond acceptors (Lipinski definition) is 4. The Bertz CT molecular complexity index is 1080. The van der Waals surface area contributed by atoms with Crippen LogP contribution < -0.4 is 4.72 Å². The highest BCUT2D eigenvalue weighted by Gasteiger charge is 2.42. The highest BCUT2D eigenvalue weighted by Crippen LogP contribution is 2.44. The van der Waals surface area contributed by atoms with Crippen molar-refractivity contribution in [3.63, 3.8) is 0 Å². The summed E-state index contributed by atoms with van der Waals surface area (Å²) in [6.45, 7) is 2.77. The van der Waals surface area contributed by atoms with E-state index in [1.807, 2.05) is 31.2 Å². The third-order valence-corrected chi connectivity index (χ3v) is 10.2. The van der Waals surface area contributed by atoms with E-state index in [4.69, 9.17) is 0 Å². The number of piperidine rings is 1. The molecule has 190 valence electrons. The van der Waals surface area contributed by atoms with Crippen LogP contribution in [-0.2, 0) is 10.0 Å². The fourth-order valence-electron chi connectivity index (χ4n) is 6.87. The van der Waals surface area contributed by atoms with E-state index in [1.165, 1.54) is 50.5 Å². The summed E-state index contributed by atoms with van der Waals surface area (Å²) in [6, 6.07) is 15.8. The highest BCUT2D eigenvalue weighted by atomic mass is 32.2. The Morgan fingerprint density at radius 1 is 0.971 bits per heavy atom. The first-order chi connectivity index (χ1) is 16.9. The Morgan fingerprint density at radius 3 is 2.31 bits per heavy atom. The van der Waals surface area contributed by atoms with Crippen LogP contribution in [-0.4, -0.2) is 43.1 Å². The van der Waals surface area contributed by atoms with Gasteiger partial charge in [0.25, 0.3) is 0 Å².